The van der Waals surface area contributed by atoms with Crippen LogP contribution in [0.15, 0.2) is 6.07 Å². The van der Waals surface area contributed by atoms with Crippen LogP contribution >= 0.6 is 0 Å². The Morgan fingerprint density at radius 2 is 1.90 bits per heavy atom. The zero-order valence-electron chi connectivity index (χ0n) is 12.8. The number of hydrogen-bond donors (Lipinski definition) is 1. The predicted octanol–water partition coefficient (Wildman–Crippen LogP) is 1.78. The molecule has 5 heteroatoms. The largest absolute Gasteiger partial charge is 0.369 e. The lowest BCUT2D eigenvalue weighted by Gasteiger charge is -2.32. The topological polar surface area (TPSA) is 72.1 Å². The van der Waals surface area contributed by atoms with Gasteiger partial charge in [0.05, 0.1) is 5.69 Å². The summed E-state index contributed by atoms with van der Waals surface area (Å²) in [6.45, 7) is 10.0. The third-order valence-electron chi connectivity index (χ3n) is 3.81. The molecule has 110 valence electrons. The summed E-state index contributed by atoms with van der Waals surface area (Å²) in [6.07, 6.45) is 1.62. The van der Waals surface area contributed by atoms with Gasteiger partial charge in [-0.3, -0.25) is 4.79 Å². The van der Waals surface area contributed by atoms with E-state index in [1.165, 1.54) is 0 Å². The van der Waals surface area contributed by atoms with E-state index >= 15 is 0 Å². The Bertz CT molecular complexity index is 499. The van der Waals surface area contributed by atoms with Crippen molar-refractivity contribution in [3.8, 4) is 0 Å². The molecule has 20 heavy (non-hydrogen) atoms. The minimum atomic E-state index is -0.182. The molecule has 0 aromatic carbocycles. The summed E-state index contributed by atoms with van der Waals surface area (Å²) < 4.78 is 0. The van der Waals surface area contributed by atoms with Gasteiger partial charge in [0, 0.05) is 30.5 Å². The van der Waals surface area contributed by atoms with Crippen molar-refractivity contribution >= 4 is 11.7 Å². The molecule has 1 aliphatic rings. The van der Waals surface area contributed by atoms with Gasteiger partial charge in [0.2, 0.25) is 5.91 Å². The van der Waals surface area contributed by atoms with E-state index in [-0.39, 0.29) is 17.2 Å². The minimum absolute atomic E-state index is 0.00793. The van der Waals surface area contributed by atoms with Crippen LogP contribution in [-0.4, -0.2) is 29.0 Å². The lowest BCUT2D eigenvalue weighted by molar-refractivity contribution is -0.122. The van der Waals surface area contributed by atoms with E-state index in [2.05, 4.69) is 41.7 Å². The monoisotopic (exact) mass is 276 g/mol. The molecular weight excluding hydrogens is 252 g/mol. The molecule has 2 heterocycles. The Morgan fingerprint density at radius 1 is 1.30 bits per heavy atom. The third-order valence-corrected chi connectivity index (χ3v) is 3.81. The summed E-state index contributed by atoms with van der Waals surface area (Å²) in [4.78, 5) is 22.5. The number of anilines is 1. The Balaban J connectivity index is 2.18. The van der Waals surface area contributed by atoms with Crippen molar-refractivity contribution in [2.24, 2.45) is 11.7 Å². The number of nitrogens with two attached hydrogens (primary N) is 1. The highest BCUT2D eigenvalue weighted by molar-refractivity contribution is 5.76. The van der Waals surface area contributed by atoms with Gasteiger partial charge in [-0.2, -0.15) is 0 Å². The molecule has 1 aromatic rings. The van der Waals surface area contributed by atoms with Gasteiger partial charge in [-0.05, 0) is 19.8 Å². The first kappa shape index (κ1) is 14.8. The van der Waals surface area contributed by atoms with Crippen LogP contribution in [0.2, 0.25) is 0 Å². The van der Waals surface area contributed by atoms with Gasteiger partial charge in [-0.25, -0.2) is 9.97 Å². The minimum Gasteiger partial charge on any atom is -0.369 e. The molecule has 5 nitrogen and oxygen atoms in total. The maximum atomic E-state index is 11.2. The predicted molar refractivity (Wildman–Crippen MR) is 79.6 cm³/mol. The number of carbonyl (C=O) groups excluding carboxylic acids is 1. The van der Waals surface area contributed by atoms with E-state index in [0.717, 1.165) is 43.3 Å². The SMILES string of the molecule is Cc1nc(N2CCC(C(N)=O)CC2)cc(C(C)(C)C)n1. The van der Waals surface area contributed by atoms with Crippen molar-refractivity contribution in [2.75, 3.05) is 18.0 Å². The molecule has 1 aromatic heterocycles. The first-order chi connectivity index (χ1) is 9.27. The number of amides is 1. The van der Waals surface area contributed by atoms with E-state index in [4.69, 9.17) is 5.73 Å². The summed E-state index contributed by atoms with van der Waals surface area (Å²) in [7, 11) is 0. The number of rotatable bonds is 2. The van der Waals surface area contributed by atoms with E-state index in [1.807, 2.05) is 6.92 Å². The smallest absolute Gasteiger partial charge is 0.220 e. The quantitative estimate of drug-likeness (QED) is 0.893. The molecule has 1 aliphatic heterocycles. The summed E-state index contributed by atoms with van der Waals surface area (Å²) in [5.41, 5.74) is 6.43. The molecule has 1 amide bonds. The maximum absolute atomic E-state index is 11.2. The second-order valence-electron chi connectivity index (χ2n) is 6.57. The molecular formula is C15H24N4O. The van der Waals surface area contributed by atoms with Crippen LogP contribution in [0.3, 0.4) is 0 Å². The molecule has 0 radical (unpaired) electrons. The Morgan fingerprint density at radius 3 is 2.40 bits per heavy atom. The second kappa shape index (κ2) is 5.38. The summed E-state index contributed by atoms with van der Waals surface area (Å²) in [5, 5.41) is 0. The highest BCUT2D eigenvalue weighted by atomic mass is 16.1. The van der Waals surface area contributed by atoms with Crippen molar-refractivity contribution in [2.45, 2.75) is 46.0 Å². The number of hydrogen-bond acceptors (Lipinski definition) is 4. The van der Waals surface area contributed by atoms with Crippen molar-refractivity contribution in [3.63, 3.8) is 0 Å². The van der Waals surface area contributed by atoms with Gasteiger partial charge in [-0.1, -0.05) is 20.8 Å². The van der Waals surface area contributed by atoms with Gasteiger partial charge in [0.25, 0.3) is 0 Å². The zero-order valence-corrected chi connectivity index (χ0v) is 12.8. The molecule has 0 spiro atoms. The van der Waals surface area contributed by atoms with Crippen LogP contribution in [0, 0.1) is 12.8 Å². The van der Waals surface area contributed by atoms with E-state index < -0.39 is 0 Å². The van der Waals surface area contributed by atoms with Gasteiger partial charge in [-0.15, -0.1) is 0 Å². The molecule has 0 unspecified atom stereocenters. The molecule has 2 rings (SSSR count). The molecule has 0 saturated carbocycles. The molecule has 0 atom stereocenters. The van der Waals surface area contributed by atoms with Crippen molar-refractivity contribution < 1.29 is 4.79 Å². The molecule has 0 aliphatic carbocycles. The van der Waals surface area contributed by atoms with Gasteiger partial charge in [0.15, 0.2) is 0 Å². The summed E-state index contributed by atoms with van der Waals surface area (Å²) in [5.74, 6) is 1.59. The average Bonchev–Trinajstić information content (AvgIpc) is 2.37. The zero-order chi connectivity index (χ0) is 14.9. The number of piperidine rings is 1. The number of aryl methyl sites for hydroxylation is 1. The van der Waals surface area contributed by atoms with Gasteiger partial charge in [0.1, 0.15) is 11.6 Å². The number of primary amides is 1. The Kier molecular flexibility index (Phi) is 3.97. The van der Waals surface area contributed by atoms with E-state index in [0.29, 0.717) is 0 Å². The van der Waals surface area contributed by atoms with Crippen LogP contribution in [0.4, 0.5) is 5.82 Å². The lowest BCUT2D eigenvalue weighted by Crippen LogP contribution is -2.39. The summed E-state index contributed by atoms with van der Waals surface area (Å²) in [6, 6.07) is 2.07. The first-order valence-electron chi connectivity index (χ1n) is 7.18. The normalized spacial score (nSPS) is 17.3. The fourth-order valence-electron chi connectivity index (χ4n) is 2.49. The van der Waals surface area contributed by atoms with Crippen molar-refractivity contribution in [3.05, 3.63) is 17.6 Å². The molecule has 0 bridgehead atoms. The third kappa shape index (κ3) is 3.26. The number of aromatic nitrogens is 2. The van der Waals surface area contributed by atoms with Crippen LogP contribution < -0.4 is 10.6 Å². The maximum Gasteiger partial charge on any atom is 0.220 e. The molecule has 2 N–H and O–H groups in total. The number of carbonyl (C=O) groups is 1. The van der Waals surface area contributed by atoms with Gasteiger partial charge >= 0.3 is 0 Å². The van der Waals surface area contributed by atoms with Crippen molar-refractivity contribution in [1.82, 2.24) is 9.97 Å². The number of nitrogens with zero attached hydrogens (tertiary/aromatic N) is 3. The fraction of sp³-hybridized carbons (Fsp3) is 0.667. The highest BCUT2D eigenvalue weighted by Crippen LogP contribution is 2.26. The van der Waals surface area contributed by atoms with Crippen LogP contribution in [-0.2, 0) is 10.2 Å². The molecule has 1 fully saturated rings. The molecule has 1 saturated heterocycles. The lowest BCUT2D eigenvalue weighted by atomic mass is 9.91. The van der Waals surface area contributed by atoms with Crippen LogP contribution in [0.1, 0.15) is 45.1 Å². The van der Waals surface area contributed by atoms with Crippen LogP contribution in [0.25, 0.3) is 0 Å². The van der Waals surface area contributed by atoms with Crippen molar-refractivity contribution in [1.29, 1.82) is 0 Å². The second-order valence-corrected chi connectivity index (χ2v) is 6.57. The van der Waals surface area contributed by atoms with E-state index in [1.54, 1.807) is 0 Å². The highest BCUT2D eigenvalue weighted by Gasteiger charge is 2.25. The fourth-order valence-corrected chi connectivity index (χ4v) is 2.49. The van der Waals surface area contributed by atoms with Crippen LogP contribution in [0.5, 0.6) is 0 Å². The Labute approximate surface area is 120 Å². The van der Waals surface area contributed by atoms with E-state index in [9.17, 15) is 4.79 Å². The Hall–Kier alpha value is -1.65. The average molecular weight is 276 g/mol. The first-order valence-corrected chi connectivity index (χ1v) is 7.18. The summed E-state index contributed by atoms with van der Waals surface area (Å²) >= 11 is 0. The van der Waals surface area contributed by atoms with Gasteiger partial charge < -0.3 is 10.6 Å². The standard InChI is InChI=1S/C15H24N4O/c1-10-17-12(15(2,3)4)9-13(18-10)19-7-5-11(6-8-19)14(16)20/h9,11H,5-8H2,1-4H3,(H2,16,20).